The Labute approximate surface area is 157 Å². The Morgan fingerprint density at radius 2 is 2.07 bits per heavy atom. The molecule has 144 valence electrons. The van der Waals surface area contributed by atoms with Gasteiger partial charge in [-0.3, -0.25) is 19.7 Å². The van der Waals surface area contributed by atoms with Crippen LogP contribution in [0.15, 0.2) is 18.2 Å². The molecule has 3 rings (SSSR count). The average molecular weight is 372 g/mol. The number of amides is 5. The number of carbonyl (C=O) groups excluding carboxylic acids is 4. The van der Waals surface area contributed by atoms with E-state index < -0.39 is 11.9 Å². The van der Waals surface area contributed by atoms with E-state index in [4.69, 9.17) is 0 Å². The Morgan fingerprint density at radius 3 is 2.85 bits per heavy atom. The van der Waals surface area contributed by atoms with Gasteiger partial charge >= 0.3 is 6.03 Å². The van der Waals surface area contributed by atoms with Gasteiger partial charge in [0.2, 0.25) is 11.8 Å². The lowest BCUT2D eigenvalue weighted by Crippen LogP contribution is -2.46. The highest BCUT2D eigenvalue weighted by Crippen LogP contribution is 2.28. The van der Waals surface area contributed by atoms with Crippen molar-refractivity contribution in [3.8, 4) is 0 Å². The normalized spacial score (nSPS) is 19.4. The Balaban J connectivity index is 1.67. The van der Waals surface area contributed by atoms with Crippen molar-refractivity contribution >= 4 is 23.8 Å². The average Bonchev–Trinajstić information content (AvgIpc) is 2.86. The lowest BCUT2D eigenvalue weighted by atomic mass is 10.1. The van der Waals surface area contributed by atoms with E-state index in [9.17, 15) is 19.2 Å². The third-order valence-corrected chi connectivity index (χ3v) is 4.81. The van der Waals surface area contributed by atoms with Gasteiger partial charge in [-0.05, 0) is 36.5 Å². The minimum Gasteiger partial charge on any atom is -0.338 e. The van der Waals surface area contributed by atoms with E-state index in [-0.39, 0.29) is 17.8 Å². The van der Waals surface area contributed by atoms with Crippen LogP contribution in [0.4, 0.5) is 4.79 Å². The second kappa shape index (κ2) is 8.20. The van der Waals surface area contributed by atoms with Gasteiger partial charge < -0.3 is 15.5 Å². The standard InChI is InChI=1S/C19H24N4O4/c1-2-8-20-19(27)21-10-12-6-7-14-13(9-12)11-23(18(14)26)15-4-3-5-16(24)22-17(15)25/h6-7,9,15H,2-5,8,10-11H2,1H3,(H2,20,21,27)(H,22,24,25). The highest BCUT2D eigenvalue weighted by atomic mass is 16.2. The van der Waals surface area contributed by atoms with Crippen LogP contribution in [0.3, 0.4) is 0 Å². The number of nitrogens with zero attached hydrogens (tertiary/aromatic N) is 1. The molecule has 0 saturated carbocycles. The number of rotatable bonds is 5. The molecule has 2 heterocycles. The van der Waals surface area contributed by atoms with E-state index in [0.29, 0.717) is 44.5 Å². The highest BCUT2D eigenvalue weighted by Gasteiger charge is 2.37. The van der Waals surface area contributed by atoms with Crippen LogP contribution in [0, 0.1) is 0 Å². The van der Waals surface area contributed by atoms with Gasteiger partial charge in [0.15, 0.2) is 0 Å². The fourth-order valence-corrected chi connectivity index (χ4v) is 3.41. The van der Waals surface area contributed by atoms with Crippen molar-refractivity contribution in [1.29, 1.82) is 0 Å². The summed E-state index contributed by atoms with van der Waals surface area (Å²) in [5.74, 6) is -0.894. The van der Waals surface area contributed by atoms with E-state index >= 15 is 0 Å². The van der Waals surface area contributed by atoms with E-state index in [0.717, 1.165) is 17.5 Å². The summed E-state index contributed by atoms with van der Waals surface area (Å²) < 4.78 is 0. The van der Waals surface area contributed by atoms with Gasteiger partial charge in [-0.2, -0.15) is 0 Å². The summed E-state index contributed by atoms with van der Waals surface area (Å²) in [5.41, 5.74) is 2.28. The van der Waals surface area contributed by atoms with Crippen LogP contribution >= 0.6 is 0 Å². The van der Waals surface area contributed by atoms with E-state index in [1.165, 1.54) is 4.90 Å². The Kier molecular flexibility index (Phi) is 5.73. The number of hydrogen-bond acceptors (Lipinski definition) is 4. The zero-order valence-electron chi connectivity index (χ0n) is 15.3. The molecular formula is C19H24N4O4. The van der Waals surface area contributed by atoms with E-state index in [1.54, 1.807) is 12.1 Å². The van der Waals surface area contributed by atoms with Crippen LogP contribution in [0.5, 0.6) is 0 Å². The third-order valence-electron chi connectivity index (χ3n) is 4.81. The van der Waals surface area contributed by atoms with Crippen LogP contribution in [-0.2, 0) is 22.7 Å². The SMILES string of the molecule is CCCNC(=O)NCc1ccc2c(c1)CN(C1CCCC(=O)NC1=O)C2=O. The molecule has 0 aromatic heterocycles. The molecule has 1 unspecified atom stereocenters. The van der Waals surface area contributed by atoms with Crippen LogP contribution in [0.2, 0.25) is 0 Å². The van der Waals surface area contributed by atoms with Gasteiger partial charge in [0.1, 0.15) is 6.04 Å². The first-order valence-corrected chi connectivity index (χ1v) is 9.27. The van der Waals surface area contributed by atoms with Crippen molar-refractivity contribution < 1.29 is 19.2 Å². The van der Waals surface area contributed by atoms with Crippen LogP contribution in [0.1, 0.15) is 54.1 Å². The Hall–Kier alpha value is -2.90. The molecule has 5 amide bonds. The summed E-state index contributed by atoms with van der Waals surface area (Å²) in [7, 11) is 0. The minimum atomic E-state index is -0.627. The molecule has 1 fully saturated rings. The monoisotopic (exact) mass is 372 g/mol. The zero-order chi connectivity index (χ0) is 19.4. The number of imide groups is 1. The summed E-state index contributed by atoms with van der Waals surface area (Å²) in [6.45, 7) is 3.28. The number of fused-ring (bicyclic) bond motifs is 1. The van der Waals surface area contributed by atoms with Crippen molar-refractivity contribution in [3.05, 3.63) is 34.9 Å². The fraction of sp³-hybridized carbons (Fsp3) is 0.474. The number of nitrogens with one attached hydrogen (secondary N) is 3. The Morgan fingerprint density at radius 1 is 1.26 bits per heavy atom. The number of hydrogen-bond donors (Lipinski definition) is 3. The lowest BCUT2D eigenvalue weighted by Gasteiger charge is -2.24. The van der Waals surface area contributed by atoms with Gasteiger partial charge in [-0.1, -0.05) is 19.1 Å². The summed E-state index contributed by atoms with van der Waals surface area (Å²) in [4.78, 5) is 49.7. The molecular weight excluding hydrogens is 348 g/mol. The minimum absolute atomic E-state index is 0.195. The molecule has 8 heteroatoms. The molecule has 1 aromatic rings. The van der Waals surface area contributed by atoms with Gasteiger partial charge in [0.25, 0.3) is 5.91 Å². The topological polar surface area (TPSA) is 108 Å². The van der Waals surface area contributed by atoms with Crippen LogP contribution in [0.25, 0.3) is 0 Å². The number of benzene rings is 1. The lowest BCUT2D eigenvalue weighted by molar-refractivity contribution is -0.132. The molecule has 1 atom stereocenters. The zero-order valence-corrected chi connectivity index (χ0v) is 15.3. The van der Waals surface area contributed by atoms with Gasteiger partial charge in [0.05, 0.1) is 0 Å². The summed E-state index contributed by atoms with van der Waals surface area (Å²) in [6, 6.07) is 4.57. The first-order chi connectivity index (χ1) is 13.0. The molecule has 0 bridgehead atoms. The number of carbonyl (C=O) groups is 4. The molecule has 8 nitrogen and oxygen atoms in total. The van der Waals surface area contributed by atoms with Gasteiger partial charge in [-0.25, -0.2) is 4.79 Å². The Bertz CT molecular complexity index is 777. The van der Waals surface area contributed by atoms with Crippen LogP contribution < -0.4 is 16.0 Å². The molecule has 0 spiro atoms. The van der Waals surface area contributed by atoms with E-state index in [2.05, 4.69) is 16.0 Å². The predicted molar refractivity (Wildman–Crippen MR) is 97.6 cm³/mol. The molecule has 0 radical (unpaired) electrons. The first kappa shape index (κ1) is 18.9. The van der Waals surface area contributed by atoms with Crippen molar-refractivity contribution in [2.24, 2.45) is 0 Å². The summed E-state index contributed by atoms with van der Waals surface area (Å²) in [6.07, 6.45) is 2.21. The molecule has 2 aliphatic rings. The maximum Gasteiger partial charge on any atom is 0.315 e. The smallest absolute Gasteiger partial charge is 0.315 e. The molecule has 1 saturated heterocycles. The highest BCUT2D eigenvalue weighted by molar-refractivity contribution is 6.04. The summed E-state index contributed by atoms with van der Waals surface area (Å²) in [5, 5.41) is 7.87. The van der Waals surface area contributed by atoms with Crippen LogP contribution in [-0.4, -0.2) is 41.2 Å². The summed E-state index contributed by atoms with van der Waals surface area (Å²) >= 11 is 0. The van der Waals surface area contributed by atoms with Crippen molar-refractivity contribution in [3.63, 3.8) is 0 Å². The largest absolute Gasteiger partial charge is 0.338 e. The maximum atomic E-state index is 12.7. The quantitative estimate of drug-likeness (QED) is 0.671. The second-order valence-electron chi connectivity index (χ2n) is 6.85. The second-order valence-corrected chi connectivity index (χ2v) is 6.85. The van der Waals surface area contributed by atoms with Crippen molar-refractivity contribution in [1.82, 2.24) is 20.9 Å². The van der Waals surface area contributed by atoms with Gasteiger partial charge in [-0.15, -0.1) is 0 Å². The molecule has 0 aliphatic carbocycles. The molecule has 3 N–H and O–H groups in total. The van der Waals surface area contributed by atoms with Crippen molar-refractivity contribution in [2.45, 2.75) is 51.7 Å². The van der Waals surface area contributed by atoms with E-state index in [1.807, 2.05) is 13.0 Å². The van der Waals surface area contributed by atoms with Gasteiger partial charge in [0, 0.05) is 31.6 Å². The molecule has 1 aromatic carbocycles. The first-order valence-electron chi connectivity index (χ1n) is 9.27. The predicted octanol–water partition coefficient (Wildman–Crippen LogP) is 1.05. The molecule has 27 heavy (non-hydrogen) atoms. The number of urea groups is 1. The maximum absolute atomic E-state index is 12.7. The molecule has 2 aliphatic heterocycles. The van der Waals surface area contributed by atoms with Crippen molar-refractivity contribution in [2.75, 3.05) is 6.54 Å². The fourth-order valence-electron chi connectivity index (χ4n) is 3.41. The third kappa shape index (κ3) is 4.27.